The van der Waals surface area contributed by atoms with Crippen LogP contribution in [0.5, 0.6) is 11.5 Å². The lowest BCUT2D eigenvalue weighted by atomic mass is 10.1. The summed E-state index contributed by atoms with van der Waals surface area (Å²) in [5, 5.41) is 13.1. The van der Waals surface area contributed by atoms with Crippen molar-refractivity contribution >= 4 is 11.6 Å². The Morgan fingerprint density at radius 1 is 1.17 bits per heavy atom. The predicted octanol–water partition coefficient (Wildman–Crippen LogP) is 3.79. The van der Waals surface area contributed by atoms with E-state index in [-0.39, 0.29) is 12.6 Å². The van der Waals surface area contributed by atoms with Crippen LogP contribution < -0.4 is 14.8 Å². The molecule has 0 aliphatic rings. The Morgan fingerprint density at radius 2 is 1.92 bits per heavy atom. The van der Waals surface area contributed by atoms with Crippen LogP contribution >= 0.6 is 11.6 Å². The van der Waals surface area contributed by atoms with E-state index in [0.717, 1.165) is 17.5 Å². The first-order valence-electron chi connectivity index (χ1n) is 8.05. The zero-order valence-electron chi connectivity index (χ0n) is 14.1. The van der Waals surface area contributed by atoms with Crippen LogP contribution in [0, 0.1) is 0 Å². The molecular weight excluding hydrogens is 326 g/mol. The summed E-state index contributed by atoms with van der Waals surface area (Å²) in [4.78, 5) is 0. The second-order valence-corrected chi connectivity index (χ2v) is 5.94. The lowest BCUT2D eigenvalue weighted by Crippen LogP contribution is -2.31. The fourth-order valence-corrected chi connectivity index (χ4v) is 2.53. The summed E-state index contributed by atoms with van der Waals surface area (Å²) in [6, 6.07) is 13.6. The molecule has 2 aromatic carbocycles. The molecule has 24 heavy (non-hydrogen) atoms. The van der Waals surface area contributed by atoms with Crippen LogP contribution in [-0.4, -0.2) is 24.9 Å². The van der Waals surface area contributed by atoms with Crippen LogP contribution in [0.2, 0.25) is 5.02 Å². The predicted molar refractivity (Wildman–Crippen MR) is 96.8 cm³/mol. The zero-order chi connectivity index (χ0) is 17.4. The van der Waals surface area contributed by atoms with E-state index in [0.29, 0.717) is 29.7 Å². The number of hydrogen-bond donors (Lipinski definition) is 2. The van der Waals surface area contributed by atoms with E-state index in [4.69, 9.17) is 21.1 Å². The number of aliphatic hydroxyl groups is 1. The van der Waals surface area contributed by atoms with Crippen molar-refractivity contribution in [2.75, 3.05) is 13.7 Å². The quantitative estimate of drug-likeness (QED) is 0.723. The van der Waals surface area contributed by atoms with Gasteiger partial charge in [-0.05, 0) is 23.6 Å². The molecule has 4 nitrogen and oxygen atoms in total. The first-order valence-corrected chi connectivity index (χ1v) is 8.43. The topological polar surface area (TPSA) is 50.7 Å². The number of nitrogens with one attached hydrogen (secondary N) is 1. The molecule has 0 saturated carbocycles. The van der Waals surface area contributed by atoms with Gasteiger partial charge in [0.2, 0.25) is 0 Å². The minimum atomic E-state index is 0.0565. The molecule has 1 atom stereocenters. The van der Waals surface area contributed by atoms with Gasteiger partial charge in [-0.1, -0.05) is 48.9 Å². The van der Waals surface area contributed by atoms with Crippen molar-refractivity contribution in [3.63, 3.8) is 0 Å². The number of rotatable bonds is 9. The van der Waals surface area contributed by atoms with Crippen LogP contribution in [0.4, 0.5) is 0 Å². The van der Waals surface area contributed by atoms with Crippen LogP contribution in [0.3, 0.4) is 0 Å². The Labute approximate surface area is 148 Å². The highest BCUT2D eigenvalue weighted by molar-refractivity contribution is 6.31. The smallest absolute Gasteiger partial charge is 0.163 e. The van der Waals surface area contributed by atoms with E-state index in [1.165, 1.54) is 0 Å². The van der Waals surface area contributed by atoms with Crippen molar-refractivity contribution < 1.29 is 14.6 Å². The van der Waals surface area contributed by atoms with E-state index in [2.05, 4.69) is 5.32 Å². The maximum absolute atomic E-state index is 9.26. The second kappa shape index (κ2) is 9.52. The van der Waals surface area contributed by atoms with E-state index in [1.807, 2.05) is 43.3 Å². The summed E-state index contributed by atoms with van der Waals surface area (Å²) < 4.78 is 11.3. The molecule has 0 fully saturated rings. The lowest BCUT2D eigenvalue weighted by molar-refractivity contribution is 0.238. The average Bonchev–Trinajstić information content (AvgIpc) is 2.62. The number of ether oxygens (including phenoxy) is 2. The Morgan fingerprint density at radius 3 is 2.54 bits per heavy atom. The van der Waals surface area contributed by atoms with Crippen LogP contribution in [0.1, 0.15) is 24.5 Å². The second-order valence-electron chi connectivity index (χ2n) is 5.54. The summed E-state index contributed by atoms with van der Waals surface area (Å²) in [5.74, 6) is 1.26. The molecule has 0 spiro atoms. The SMILES string of the molecule is CCC(CO)NCc1cc(OC)c(OCc2ccccc2)cc1Cl. The van der Waals surface area contributed by atoms with Gasteiger partial charge >= 0.3 is 0 Å². The van der Waals surface area contributed by atoms with E-state index in [1.54, 1.807) is 13.2 Å². The minimum absolute atomic E-state index is 0.0565. The number of aliphatic hydroxyl groups excluding tert-OH is 1. The highest BCUT2D eigenvalue weighted by Crippen LogP contribution is 2.34. The molecular formula is C19H24ClNO3. The van der Waals surface area contributed by atoms with Gasteiger partial charge in [-0.3, -0.25) is 0 Å². The van der Waals surface area contributed by atoms with E-state index < -0.39 is 0 Å². The summed E-state index contributed by atoms with van der Waals surface area (Å²) in [6.45, 7) is 3.14. The van der Waals surface area contributed by atoms with Crippen molar-refractivity contribution in [2.24, 2.45) is 0 Å². The van der Waals surface area contributed by atoms with Crippen molar-refractivity contribution in [2.45, 2.75) is 32.5 Å². The Balaban J connectivity index is 2.08. The van der Waals surface area contributed by atoms with Gasteiger partial charge in [0, 0.05) is 23.7 Å². The molecule has 0 aliphatic carbocycles. The van der Waals surface area contributed by atoms with Gasteiger partial charge in [-0.15, -0.1) is 0 Å². The van der Waals surface area contributed by atoms with Gasteiger partial charge < -0.3 is 19.9 Å². The zero-order valence-corrected chi connectivity index (χ0v) is 14.8. The fraction of sp³-hybridized carbons (Fsp3) is 0.368. The van der Waals surface area contributed by atoms with Gasteiger partial charge in [0.1, 0.15) is 6.61 Å². The van der Waals surface area contributed by atoms with Gasteiger partial charge in [0.15, 0.2) is 11.5 Å². The highest BCUT2D eigenvalue weighted by atomic mass is 35.5. The van der Waals surface area contributed by atoms with Crippen molar-refractivity contribution in [1.29, 1.82) is 0 Å². The van der Waals surface area contributed by atoms with Gasteiger partial charge in [-0.25, -0.2) is 0 Å². The average molecular weight is 350 g/mol. The molecule has 2 N–H and O–H groups in total. The maximum atomic E-state index is 9.26. The molecule has 5 heteroatoms. The third-order valence-corrected chi connectivity index (χ3v) is 4.22. The molecule has 2 aromatic rings. The molecule has 0 bridgehead atoms. The van der Waals surface area contributed by atoms with Crippen molar-refractivity contribution in [1.82, 2.24) is 5.32 Å². The lowest BCUT2D eigenvalue weighted by Gasteiger charge is -2.17. The minimum Gasteiger partial charge on any atom is -0.493 e. The highest BCUT2D eigenvalue weighted by Gasteiger charge is 2.12. The molecule has 1 unspecified atom stereocenters. The largest absolute Gasteiger partial charge is 0.493 e. The monoisotopic (exact) mass is 349 g/mol. The van der Waals surface area contributed by atoms with Crippen molar-refractivity contribution in [3.8, 4) is 11.5 Å². The molecule has 130 valence electrons. The number of hydrogen-bond acceptors (Lipinski definition) is 4. The molecule has 0 amide bonds. The van der Waals surface area contributed by atoms with Crippen molar-refractivity contribution in [3.05, 3.63) is 58.6 Å². The molecule has 0 radical (unpaired) electrons. The molecule has 0 heterocycles. The summed E-state index contributed by atoms with van der Waals surface area (Å²) in [7, 11) is 1.61. The third kappa shape index (κ3) is 5.13. The summed E-state index contributed by atoms with van der Waals surface area (Å²) in [5.41, 5.74) is 1.99. The Hall–Kier alpha value is -1.75. The summed E-state index contributed by atoms with van der Waals surface area (Å²) >= 11 is 6.37. The van der Waals surface area contributed by atoms with Gasteiger partial charge in [0.25, 0.3) is 0 Å². The summed E-state index contributed by atoms with van der Waals surface area (Å²) in [6.07, 6.45) is 0.851. The van der Waals surface area contributed by atoms with Gasteiger partial charge in [-0.2, -0.15) is 0 Å². The van der Waals surface area contributed by atoms with Crippen LogP contribution in [0.15, 0.2) is 42.5 Å². The van der Waals surface area contributed by atoms with E-state index >= 15 is 0 Å². The molecule has 0 aromatic heterocycles. The van der Waals surface area contributed by atoms with Crippen LogP contribution in [0.25, 0.3) is 0 Å². The third-order valence-electron chi connectivity index (χ3n) is 3.86. The molecule has 2 rings (SSSR count). The fourth-order valence-electron chi connectivity index (χ4n) is 2.31. The first-order chi connectivity index (χ1) is 11.7. The number of halogens is 1. The molecule has 0 aliphatic heterocycles. The number of methoxy groups -OCH3 is 1. The maximum Gasteiger partial charge on any atom is 0.163 e. The number of benzene rings is 2. The van der Waals surface area contributed by atoms with Crippen LogP contribution in [-0.2, 0) is 13.2 Å². The Bertz CT molecular complexity index is 630. The van der Waals surface area contributed by atoms with E-state index in [9.17, 15) is 5.11 Å². The standard InChI is InChI=1S/C19H24ClNO3/c1-3-16(12-22)21-11-15-9-18(23-2)19(10-17(15)20)24-13-14-7-5-4-6-8-14/h4-10,16,21-22H,3,11-13H2,1-2H3. The first kappa shape index (κ1) is 18.6. The molecule has 0 saturated heterocycles. The van der Waals surface area contributed by atoms with Gasteiger partial charge in [0.05, 0.1) is 13.7 Å². The normalized spacial score (nSPS) is 12.0. The Kier molecular flexibility index (Phi) is 7.37.